The van der Waals surface area contributed by atoms with E-state index in [1.165, 1.54) is 0 Å². The van der Waals surface area contributed by atoms with Crippen LogP contribution in [0.4, 0.5) is 0 Å². The van der Waals surface area contributed by atoms with Crippen LogP contribution in [0.3, 0.4) is 0 Å². The number of nitrogens with zero attached hydrogens (tertiary/aromatic N) is 1. The van der Waals surface area contributed by atoms with E-state index in [0.717, 1.165) is 10.0 Å². The van der Waals surface area contributed by atoms with Gasteiger partial charge in [-0.3, -0.25) is 9.59 Å². The molecule has 0 radical (unpaired) electrons. The quantitative estimate of drug-likeness (QED) is 0.682. The van der Waals surface area contributed by atoms with E-state index in [2.05, 4.69) is 25.9 Å². The van der Waals surface area contributed by atoms with Gasteiger partial charge in [0.15, 0.2) is 0 Å². The van der Waals surface area contributed by atoms with Crippen LogP contribution in [0, 0.1) is 0 Å². The molecule has 2 aromatic carbocycles. The Morgan fingerprint density at radius 3 is 2.67 bits per heavy atom. The highest BCUT2D eigenvalue weighted by Crippen LogP contribution is 2.12. The van der Waals surface area contributed by atoms with Gasteiger partial charge in [-0.15, -0.1) is 0 Å². The lowest BCUT2D eigenvalue weighted by Gasteiger charge is -2.05. The summed E-state index contributed by atoms with van der Waals surface area (Å²) in [5.74, 6) is -0.354. The minimum absolute atomic E-state index is 0.116. The molecule has 1 N–H and O–H groups in total. The molecular weight excluding hydrogens is 372 g/mol. The second-order valence-electron chi connectivity index (χ2n) is 5.32. The number of hydrogen-bond donors (Lipinski definition) is 1. The second-order valence-corrected chi connectivity index (χ2v) is 6.23. The number of hydrogen-bond acceptors (Lipinski definition) is 4. The Labute approximate surface area is 146 Å². The van der Waals surface area contributed by atoms with Gasteiger partial charge in [-0.1, -0.05) is 40.2 Å². The van der Waals surface area contributed by atoms with Crippen LogP contribution >= 0.6 is 15.9 Å². The highest BCUT2D eigenvalue weighted by molar-refractivity contribution is 9.10. The first-order valence-electron chi connectivity index (χ1n) is 7.50. The van der Waals surface area contributed by atoms with Gasteiger partial charge in [0.1, 0.15) is 12.3 Å². The number of ether oxygens (including phenoxy) is 1. The fourth-order valence-corrected chi connectivity index (χ4v) is 2.54. The average Bonchev–Trinajstić information content (AvgIpc) is 2.59. The van der Waals surface area contributed by atoms with Crippen LogP contribution in [0.5, 0.6) is 0 Å². The molecule has 24 heavy (non-hydrogen) atoms. The fourth-order valence-electron chi connectivity index (χ4n) is 2.27. The van der Waals surface area contributed by atoms with Gasteiger partial charge in [0.25, 0.3) is 5.56 Å². The predicted octanol–water partition coefficient (Wildman–Crippen LogP) is 3.36. The van der Waals surface area contributed by atoms with Gasteiger partial charge in [0.2, 0.25) is 0 Å². The maximum Gasteiger partial charge on any atom is 0.306 e. The Hall–Kier alpha value is -2.47. The van der Waals surface area contributed by atoms with Crippen LogP contribution in [-0.2, 0) is 22.6 Å². The van der Waals surface area contributed by atoms with Crippen LogP contribution in [0.25, 0.3) is 11.0 Å². The molecule has 3 rings (SSSR count). The summed E-state index contributed by atoms with van der Waals surface area (Å²) in [6.45, 7) is 0.216. The number of esters is 1. The summed E-state index contributed by atoms with van der Waals surface area (Å²) in [6.07, 6.45) is 0.365. The normalized spacial score (nSPS) is 10.7. The zero-order chi connectivity index (χ0) is 16.9. The summed E-state index contributed by atoms with van der Waals surface area (Å²) in [4.78, 5) is 30.9. The molecule has 0 saturated carbocycles. The summed E-state index contributed by atoms with van der Waals surface area (Å²) >= 11 is 3.35. The molecule has 0 spiro atoms. The fraction of sp³-hybridized carbons (Fsp3) is 0.167. The van der Waals surface area contributed by atoms with Gasteiger partial charge in [-0.25, -0.2) is 4.98 Å². The lowest BCUT2D eigenvalue weighted by atomic mass is 10.2. The van der Waals surface area contributed by atoms with Crippen LogP contribution < -0.4 is 5.56 Å². The molecule has 1 aromatic heterocycles. The molecule has 5 nitrogen and oxygen atoms in total. The van der Waals surface area contributed by atoms with E-state index in [1.807, 2.05) is 42.5 Å². The van der Waals surface area contributed by atoms with Gasteiger partial charge >= 0.3 is 5.97 Å². The maximum atomic E-state index is 12.0. The summed E-state index contributed by atoms with van der Waals surface area (Å²) in [6, 6.07) is 14.8. The van der Waals surface area contributed by atoms with Gasteiger partial charge in [-0.2, -0.15) is 0 Å². The molecular formula is C18H15BrN2O3. The van der Waals surface area contributed by atoms with Crippen molar-refractivity contribution < 1.29 is 9.53 Å². The Morgan fingerprint density at radius 2 is 1.88 bits per heavy atom. The number of halogens is 1. The summed E-state index contributed by atoms with van der Waals surface area (Å²) in [5.41, 5.74) is 2.37. The molecule has 3 aromatic rings. The molecule has 0 aliphatic heterocycles. The summed E-state index contributed by atoms with van der Waals surface area (Å²) < 4.78 is 6.19. The number of carbonyl (C=O) groups is 1. The highest BCUT2D eigenvalue weighted by atomic mass is 79.9. The van der Waals surface area contributed by atoms with Gasteiger partial charge in [0, 0.05) is 10.9 Å². The standard InChI is InChI=1S/C18H15BrN2O3/c19-13-7-5-12(6-8-13)11-24-17(22)10-9-16-18(23)21-15-4-2-1-3-14(15)20-16/h1-8H,9-11H2,(H,21,23). The molecule has 0 atom stereocenters. The molecule has 0 aliphatic carbocycles. The largest absolute Gasteiger partial charge is 0.461 e. The number of benzene rings is 2. The van der Waals surface area contributed by atoms with Crippen molar-refractivity contribution in [2.45, 2.75) is 19.4 Å². The Kier molecular flexibility index (Phi) is 5.05. The number of para-hydroxylation sites is 2. The molecule has 122 valence electrons. The molecule has 0 aliphatic rings. The SMILES string of the molecule is O=C(CCc1nc2ccccc2[nH]c1=O)OCc1ccc(Br)cc1. The molecule has 0 unspecified atom stereocenters. The molecule has 0 amide bonds. The average molecular weight is 387 g/mol. The number of fused-ring (bicyclic) bond motifs is 1. The number of aromatic nitrogens is 2. The van der Waals surface area contributed by atoms with Crippen LogP contribution in [0.2, 0.25) is 0 Å². The topological polar surface area (TPSA) is 72.0 Å². The third-order valence-electron chi connectivity index (χ3n) is 3.55. The highest BCUT2D eigenvalue weighted by Gasteiger charge is 2.09. The molecule has 1 heterocycles. The van der Waals surface area contributed by atoms with Crippen molar-refractivity contribution >= 4 is 32.9 Å². The Morgan fingerprint density at radius 1 is 1.12 bits per heavy atom. The number of rotatable bonds is 5. The van der Waals surface area contributed by atoms with E-state index in [-0.39, 0.29) is 31.0 Å². The van der Waals surface area contributed by atoms with Crippen LogP contribution in [0.15, 0.2) is 57.8 Å². The Balaban J connectivity index is 1.59. The maximum absolute atomic E-state index is 12.0. The number of H-pyrrole nitrogens is 1. The lowest BCUT2D eigenvalue weighted by Crippen LogP contribution is -2.17. The molecule has 0 fully saturated rings. The third-order valence-corrected chi connectivity index (χ3v) is 4.08. The first-order chi connectivity index (χ1) is 11.6. The van der Waals surface area contributed by atoms with Crippen molar-refractivity contribution in [2.24, 2.45) is 0 Å². The first-order valence-corrected chi connectivity index (χ1v) is 8.29. The number of aryl methyl sites for hydroxylation is 1. The summed E-state index contributed by atoms with van der Waals surface area (Å²) in [7, 11) is 0. The van der Waals surface area contributed by atoms with Crippen molar-refractivity contribution in [1.82, 2.24) is 9.97 Å². The molecule has 0 saturated heterocycles. The monoisotopic (exact) mass is 386 g/mol. The Bertz CT molecular complexity index is 919. The van der Waals surface area contributed by atoms with Crippen molar-refractivity contribution in [1.29, 1.82) is 0 Å². The minimum Gasteiger partial charge on any atom is -0.461 e. The van der Waals surface area contributed by atoms with E-state index in [0.29, 0.717) is 16.7 Å². The number of nitrogens with one attached hydrogen (secondary N) is 1. The van der Waals surface area contributed by atoms with E-state index in [1.54, 1.807) is 6.07 Å². The summed E-state index contributed by atoms with van der Waals surface area (Å²) in [5, 5.41) is 0. The van der Waals surface area contributed by atoms with Gasteiger partial charge in [0.05, 0.1) is 17.5 Å². The van der Waals surface area contributed by atoms with Crippen LogP contribution in [-0.4, -0.2) is 15.9 Å². The molecule has 0 bridgehead atoms. The van der Waals surface area contributed by atoms with Crippen LogP contribution in [0.1, 0.15) is 17.7 Å². The van der Waals surface area contributed by atoms with Crippen molar-refractivity contribution in [3.8, 4) is 0 Å². The van der Waals surface area contributed by atoms with Crippen molar-refractivity contribution in [3.05, 3.63) is 74.6 Å². The van der Waals surface area contributed by atoms with Gasteiger partial charge in [-0.05, 0) is 29.8 Å². The van der Waals surface area contributed by atoms with Gasteiger partial charge < -0.3 is 9.72 Å². The zero-order valence-corrected chi connectivity index (χ0v) is 14.4. The molecule has 6 heteroatoms. The van der Waals surface area contributed by atoms with E-state index in [9.17, 15) is 9.59 Å². The van der Waals surface area contributed by atoms with E-state index >= 15 is 0 Å². The minimum atomic E-state index is -0.354. The predicted molar refractivity (Wildman–Crippen MR) is 94.6 cm³/mol. The second kappa shape index (κ2) is 7.40. The van der Waals surface area contributed by atoms with Crippen molar-refractivity contribution in [3.63, 3.8) is 0 Å². The smallest absolute Gasteiger partial charge is 0.306 e. The number of carbonyl (C=O) groups excluding carboxylic acids is 1. The lowest BCUT2D eigenvalue weighted by molar-refractivity contribution is -0.144. The van der Waals surface area contributed by atoms with E-state index in [4.69, 9.17) is 4.74 Å². The van der Waals surface area contributed by atoms with E-state index < -0.39 is 0 Å². The number of aromatic amines is 1. The van der Waals surface area contributed by atoms with Crippen molar-refractivity contribution in [2.75, 3.05) is 0 Å². The third kappa shape index (κ3) is 4.08. The zero-order valence-electron chi connectivity index (χ0n) is 12.8. The first kappa shape index (κ1) is 16.4.